The second kappa shape index (κ2) is 8.51. The summed E-state index contributed by atoms with van der Waals surface area (Å²) >= 11 is 0. The number of para-hydroxylation sites is 1. The highest BCUT2D eigenvalue weighted by atomic mass is 16.3. The minimum absolute atomic E-state index is 0.00293. The highest BCUT2D eigenvalue weighted by molar-refractivity contribution is 6.08. The van der Waals surface area contributed by atoms with E-state index in [9.17, 15) is 15.0 Å². The minimum atomic E-state index is -0.396. The van der Waals surface area contributed by atoms with E-state index in [1.807, 2.05) is 43.3 Å². The molecule has 0 aliphatic heterocycles. The minimum Gasteiger partial charge on any atom is -0.508 e. The molecule has 3 N–H and O–H groups in total. The summed E-state index contributed by atoms with van der Waals surface area (Å²) in [5, 5.41) is 24.5. The number of fused-ring (bicyclic) bond motifs is 1. The number of rotatable bonds is 4. The van der Waals surface area contributed by atoms with Crippen LogP contribution >= 0.6 is 0 Å². The highest BCUT2D eigenvalue weighted by Gasteiger charge is 2.15. The molecule has 0 aliphatic rings. The van der Waals surface area contributed by atoms with E-state index in [0.717, 1.165) is 11.1 Å². The summed E-state index contributed by atoms with van der Waals surface area (Å²) in [4.78, 5) is 17.8. The number of aromatic hydroxyl groups is 2. The number of phenolic OH excluding ortho intramolecular Hbond substituents is 2. The van der Waals surface area contributed by atoms with Gasteiger partial charge >= 0.3 is 0 Å². The zero-order valence-electron chi connectivity index (χ0n) is 18.0. The third-order valence-electron chi connectivity index (χ3n) is 5.46. The number of benzene rings is 3. The molecule has 6 heteroatoms. The van der Waals surface area contributed by atoms with Gasteiger partial charge in [0.25, 0.3) is 5.91 Å². The van der Waals surface area contributed by atoms with Gasteiger partial charge in [-0.25, -0.2) is 10.4 Å². The van der Waals surface area contributed by atoms with Crippen molar-refractivity contribution in [3.05, 3.63) is 89.0 Å². The Kier molecular flexibility index (Phi) is 5.60. The molecule has 1 heterocycles. The Morgan fingerprint density at radius 1 is 0.906 bits per heavy atom. The van der Waals surface area contributed by atoms with Gasteiger partial charge in [-0.2, -0.15) is 5.10 Å². The van der Waals surface area contributed by atoms with Gasteiger partial charge in [-0.15, -0.1) is 0 Å². The third-order valence-corrected chi connectivity index (χ3v) is 5.46. The lowest BCUT2D eigenvalue weighted by Gasteiger charge is -2.11. The fraction of sp³-hybridized carbons (Fsp3) is 0.115. The van der Waals surface area contributed by atoms with E-state index in [1.54, 1.807) is 13.0 Å². The fourth-order valence-corrected chi connectivity index (χ4v) is 3.48. The van der Waals surface area contributed by atoms with E-state index < -0.39 is 5.91 Å². The normalized spacial score (nSPS) is 11.5. The number of carbonyl (C=O) groups is 1. The van der Waals surface area contributed by atoms with E-state index in [-0.39, 0.29) is 11.5 Å². The number of amides is 1. The van der Waals surface area contributed by atoms with E-state index in [1.165, 1.54) is 23.8 Å². The standard InChI is InChI=1S/C26H23N3O3/c1-15-8-9-18(12-16(15)2)24-14-22(20-6-4-5-7-23(20)27-24)26(32)29-28-17(3)21-13-19(30)10-11-25(21)31/h4-14,30-31H,1-3H3,(H,29,32). The molecule has 160 valence electrons. The zero-order valence-corrected chi connectivity index (χ0v) is 18.0. The lowest BCUT2D eigenvalue weighted by molar-refractivity contribution is 0.0956. The Bertz CT molecular complexity index is 1380. The Balaban J connectivity index is 1.73. The maximum Gasteiger partial charge on any atom is 0.272 e. The molecule has 0 fully saturated rings. The van der Waals surface area contributed by atoms with Gasteiger partial charge in [0.2, 0.25) is 0 Å². The van der Waals surface area contributed by atoms with Gasteiger partial charge in [0.1, 0.15) is 11.5 Å². The van der Waals surface area contributed by atoms with Crippen molar-refractivity contribution >= 4 is 22.5 Å². The predicted molar refractivity (Wildman–Crippen MR) is 126 cm³/mol. The van der Waals surface area contributed by atoms with Crippen molar-refractivity contribution < 1.29 is 15.0 Å². The maximum atomic E-state index is 13.1. The van der Waals surface area contributed by atoms with E-state index in [0.29, 0.717) is 33.4 Å². The van der Waals surface area contributed by atoms with Crippen LogP contribution in [0.3, 0.4) is 0 Å². The Hall–Kier alpha value is -4.19. The lowest BCUT2D eigenvalue weighted by atomic mass is 10.0. The molecule has 1 aromatic heterocycles. The number of phenols is 2. The van der Waals surface area contributed by atoms with E-state index in [4.69, 9.17) is 4.98 Å². The smallest absolute Gasteiger partial charge is 0.272 e. The van der Waals surface area contributed by atoms with Crippen LogP contribution in [-0.4, -0.2) is 26.8 Å². The van der Waals surface area contributed by atoms with Gasteiger partial charge < -0.3 is 10.2 Å². The SMILES string of the molecule is CC(=NNC(=O)c1cc(-c2ccc(C)c(C)c2)nc2ccccc12)c1cc(O)ccc1O. The van der Waals surface area contributed by atoms with Crippen LogP contribution < -0.4 is 5.43 Å². The van der Waals surface area contributed by atoms with Crippen LogP contribution in [0.2, 0.25) is 0 Å². The van der Waals surface area contributed by atoms with Crippen LogP contribution in [0.25, 0.3) is 22.2 Å². The van der Waals surface area contributed by atoms with Crippen molar-refractivity contribution in [3.8, 4) is 22.8 Å². The molecule has 6 nitrogen and oxygen atoms in total. The number of nitrogens with zero attached hydrogens (tertiary/aromatic N) is 2. The van der Waals surface area contributed by atoms with Crippen LogP contribution in [0.15, 0.2) is 71.8 Å². The van der Waals surface area contributed by atoms with Crippen LogP contribution in [0.5, 0.6) is 11.5 Å². The monoisotopic (exact) mass is 425 g/mol. The number of hydrazone groups is 1. The van der Waals surface area contributed by atoms with Crippen molar-refractivity contribution in [3.63, 3.8) is 0 Å². The molecule has 0 bridgehead atoms. The first kappa shape index (κ1) is 21.1. The zero-order chi connectivity index (χ0) is 22.8. The summed E-state index contributed by atoms with van der Waals surface area (Å²) in [6.45, 7) is 5.73. The predicted octanol–water partition coefficient (Wildman–Crippen LogP) is 5.08. The lowest BCUT2D eigenvalue weighted by Crippen LogP contribution is -2.20. The summed E-state index contributed by atoms with van der Waals surface area (Å²) in [6, 6.07) is 19.4. The molecule has 0 spiro atoms. The molecule has 0 unspecified atom stereocenters. The maximum absolute atomic E-state index is 13.1. The summed E-state index contributed by atoms with van der Waals surface area (Å²) in [5.41, 5.74) is 8.37. The van der Waals surface area contributed by atoms with Gasteiger partial charge in [-0.3, -0.25) is 4.79 Å². The molecular formula is C26H23N3O3. The molecule has 0 aliphatic carbocycles. The molecule has 4 rings (SSSR count). The topological polar surface area (TPSA) is 94.8 Å². The summed E-state index contributed by atoms with van der Waals surface area (Å²) < 4.78 is 0. The molecule has 0 saturated heterocycles. The number of aryl methyl sites for hydroxylation is 2. The van der Waals surface area contributed by atoms with Crippen molar-refractivity contribution in [2.45, 2.75) is 20.8 Å². The Morgan fingerprint density at radius 2 is 1.69 bits per heavy atom. The molecule has 3 aromatic carbocycles. The first-order chi connectivity index (χ1) is 15.3. The molecule has 1 amide bonds. The molecule has 0 radical (unpaired) electrons. The summed E-state index contributed by atoms with van der Waals surface area (Å²) in [5.74, 6) is -0.436. The molecule has 4 aromatic rings. The summed E-state index contributed by atoms with van der Waals surface area (Å²) in [7, 11) is 0. The van der Waals surface area contributed by atoms with Crippen LogP contribution in [-0.2, 0) is 0 Å². The average molecular weight is 425 g/mol. The first-order valence-corrected chi connectivity index (χ1v) is 10.2. The van der Waals surface area contributed by atoms with Crippen LogP contribution in [0.4, 0.5) is 0 Å². The number of nitrogens with one attached hydrogen (secondary N) is 1. The van der Waals surface area contributed by atoms with Gasteiger partial charge in [-0.1, -0.05) is 30.3 Å². The number of hydrogen-bond acceptors (Lipinski definition) is 5. The molecule has 32 heavy (non-hydrogen) atoms. The van der Waals surface area contributed by atoms with Crippen LogP contribution in [0.1, 0.15) is 34.0 Å². The summed E-state index contributed by atoms with van der Waals surface area (Å²) in [6.07, 6.45) is 0. The third kappa shape index (κ3) is 4.16. The molecule has 0 saturated carbocycles. The van der Waals surface area contributed by atoms with Gasteiger partial charge in [0.05, 0.1) is 22.5 Å². The number of aromatic nitrogens is 1. The van der Waals surface area contributed by atoms with Crippen molar-refractivity contribution in [1.82, 2.24) is 10.4 Å². The van der Waals surface area contributed by atoms with Crippen LogP contribution in [0, 0.1) is 13.8 Å². The average Bonchev–Trinajstić information content (AvgIpc) is 2.79. The Labute approximate surface area is 185 Å². The Morgan fingerprint density at radius 3 is 2.47 bits per heavy atom. The first-order valence-electron chi connectivity index (χ1n) is 10.2. The second-order valence-corrected chi connectivity index (χ2v) is 7.71. The number of pyridine rings is 1. The van der Waals surface area contributed by atoms with E-state index >= 15 is 0 Å². The quantitative estimate of drug-likeness (QED) is 0.241. The molecule has 0 atom stereocenters. The largest absolute Gasteiger partial charge is 0.508 e. The van der Waals surface area contributed by atoms with Gasteiger partial charge in [0, 0.05) is 16.5 Å². The number of hydrogen-bond donors (Lipinski definition) is 3. The number of carbonyl (C=O) groups excluding carboxylic acids is 1. The van der Waals surface area contributed by atoms with Crippen molar-refractivity contribution in [1.29, 1.82) is 0 Å². The fourth-order valence-electron chi connectivity index (χ4n) is 3.48. The van der Waals surface area contributed by atoms with Crippen molar-refractivity contribution in [2.24, 2.45) is 5.10 Å². The van der Waals surface area contributed by atoms with Crippen molar-refractivity contribution in [2.75, 3.05) is 0 Å². The van der Waals surface area contributed by atoms with Gasteiger partial charge in [-0.05, 0) is 68.3 Å². The van der Waals surface area contributed by atoms with E-state index in [2.05, 4.69) is 23.5 Å². The van der Waals surface area contributed by atoms with Gasteiger partial charge in [0.15, 0.2) is 0 Å². The highest BCUT2D eigenvalue weighted by Crippen LogP contribution is 2.27. The molecular weight excluding hydrogens is 402 g/mol. The second-order valence-electron chi connectivity index (χ2n) is 7.71.